The molecule has 0 aliphatic heterocycles. The summed E-state index contributed by atoms with van der Waals surface area (Å²) in [4.78, 5) is 28.6. The molecule has 2 heterocycles. The zero-order chi connectivity index (χ0) is 23.0. The van der Waals surface area contributed by atoms with Gasteiger partial charge in [-0.1, -0.05) is 33.8 Å². The van der Waals surface area contributed by atoms with Crippen LogP contribution in [0, 0.1) is 5.41 Å². The molecule has 0 atom stereocenters. The SMILES string of the molecule is CCc1ccc2c(c1)c(-c1ccc[nH]c1=O)c(C(=O)NS(C)(=O)=O)n2CCC(C)(C)C. The van der Waals surface area contributed by atoms with Crippen LogP contribution in [0.5, 0.6) is 0 Å². The Kier molecular flexibility index (Phi) is 6.14. The maximum absolute atomic E-state index is 13.2. The highest BCUT2D eigenvalue weighted by Crippen LogP contribution is 2.35. The van der Waals surface area contributed by atoms with Crippen LogP contribution in [0.2, 0.25) is 0 Å². The molecule has 166 valence electrons. The number of aromatic amines is 1. The lowest BCUT2D eigenvalue weighted by atomic mass is 9.92. The third-order valence-electron chi connectivity index (χ3n) is 5.20. The summed E-state index contributed by atoms with van der Waals surface area (Å²) >= 11 is 0. The number of carbonyl (C=O) groups excluding carboxylic acids is 1. The molecule has 0 aliphatic carbocycles. The second-order valence-electron chi connectivity index (χ2n) is 9.01. The fourth-order valence-electron chi connectivity index (χ4n) is 3.65. The number of aryl methyl sites for hydroxylation is 2. The molecule has 0 bridgehead atoms. The van der Waals surface area contributed by atoms with E-state index in [1.165, 1.54) is 6.20 Å². The van der Waals surface area contributed by atoms with E-state index in [0.717, 1.165) is 35.6 Å². The largest absolute Gasteiger partial charge is 0.336 e. The number of rotatable bonds is 6. The summed E-state index contributed by atoms with van der Waals surface area (Å²) in [5.41, 5.74) is 2.45. The quantitative estimate of drug-likeness (QED) is 0.607. The zero-order valence-electron chi connectivity index (χ0n) is 18.6. The molecule has 3 aromatic rings. The Labute approximate surface area is 182 Å². The number of aromatic nitrogens is 2. The molecule has 0 saturated heterocycles. The van der Waals surface area contributed by atoms with Gasteiger partial charge in [0.2, 0.25) is 10.0 Å². The topological polar surface area (TPSA) is 101 Å². The Morgan fingerprint density at radius 2 is 1.90 bits per heavy atom. The molecule has 0 aliphatic rings. The molecule has 3 rings (SSSR count). The maximum atomic E-state index is 13.2. The molecule has 2 aromatic heterocycles. The number of benzene rings is 1. The summed E-state index contributed by atoms with van der Waals surface area (Å²) in [6.07, 6.45) is 4.02. The average Bonchev–Trinajstić information content (AvgIpc) is 2.98. The Bertz CT molecular complexity index is 1290. The number of nitrogens with zero attached hydrogens (tertiary/aromatic N) is 1. The standard InChI is InChI=1S/C23H29N3O4S/c1-6-15-9-10-18-17(14-15)19(16-8-7-12-24-21(16)27)20(22(28)25-31(5,29)30)26(18)13-11-23(2,3)4/h7-10,12,14H,6,11,13H2,1-5H3,(H,24,27)(H,25,28). The van der Waals surface area contributed by atoms with Crippen LogP contribution in [-0.4, -0.2) is 30.1 Å². The van der Waals surface area contributed by atoms with Crippen molar-refractivity contribution in [2.75, 3.05) is 6.26 Å². The monoisotopic (exact) mass is 443 g/mol. The summed E-state index contributed by atoms with van der Waals surface area (Å²) in [6.45, 7) is 8.85. The van der Waals surface area contributed by atoms with Gasteiger partial charge in [0.25, 0.3) is 11.5 Å². The number of hydrogen-bond donors (Lipinski definition) is 2. The van der Waals surface area contributed by atoms with Gasteiger partial charge in [-0.3, -0.25) is 9.59 Å². The smallest absolute Gasteiger partial charge is 0.282 e. The second-order valence-corrected chi connectivity index (χ2v) is 10.8. The summed E-state index contributed by atoms with van der Waals surface area (Å²) in [7, 11) is -3.79. The van der Waals surface area contributed by atoms with Crippen molar-refractivity contribution in [3.8, 4) is 11.1 Å². The number of nitrogens with one attached hydrogen (secondary N) is 2. The van der Waals surface area contributed by atoms with Crippen LogP contribution < -0.4 is 10.3 Å². The maximum Gasteiger partial charge on any atom is 0.282 e. The van der Waals surface area contributed by atoms with Crippen LogP contribution in [0.3, 0.4) is 0 Å². The highest BCUT2D eigenvalue weighted by Gasteiger charge is 2.27. The van der Waals surface area contributed by atoms with Gasteiger partial charge >= 0.3 is 0 Å². The van der Waals surface area contributed by atoms with Gasteiger partial charge < -0.3 is 9.55 Å². The second kappa shape index (κ2) is 8.34. The van der Waals surface area contributed by atoms with Crippen molar-refractivity contribution < 1.29 is 13.2 Å². The van der Waals surface area contributed by atoms with E-state index >= 15 is 0 Å². The van der Waals surface area contributed by atoms with Crippen LogP contribution in [0.1, 0.15) is 50.2 Å². The normalized spacial score (nSPS) is 12.3. The summed E-state index contributed by atoms with van der Waals surface area (Å²) in [5, 5.41) is 0.753. The number of fused-ring (bicyclic) bond motifs is 1. The van der Waals surface area contributed by atoms with Crippen molar-refractivity contribution in [2.24, 2.45) is 5.41 Å². The van der Waals surface area contributed by atoms with Gasteiger partial charge in [-0.25, -0.2) is 13.1 Å². The molecule has 31 heavy (non-hydrogen) atoms. The zero-order valence-corrected chi connectivity index (χ0v) is 19.4. The first-order valence-corrected chi connectivity index (χ1v) is 12.2. The van der Waals surface area contributed by atoms with Crippen LogP contribution in [-0.2, 0) is 23.0 Å². The van der Waals surface area contributed by atoms with Crippen molar-refractivity contribution in [1.82, 2.24) is 14.3 Å². The summed E-state index contributed by atoms with van der Waals surface area (Å²) in [6, 6.07) is 9.25. The van der Waals surface area contributed by atoms with Crippen LogP contribution in [0.15, 0.2) is 41.3 Å². The first kappa shape index (κ1) is 22.8. The van der Waals surface area contributed by atoms with Gasteiger partial charge in [-0.15, -0.1) is 0 Å². The molecule has 1 amide bonds. The minimum Gasteiger partial charge on any atom is -0.336 e. The third-order valence-corrected chi connectivity index (χ3v) is 5.76. The van der Waals surface area contributed by atoms with E-state index in [2.05, 4.69) is 30.5 Å². The lowest BCUT2D eigenvalue weighted by molar-refractivity contribution is 0.0973. The summed E-state index contributed by atoms with van der Waals surface area (Å²) < 4.78 is 27.7. The number of hydrogen-bond acceptors (Lipinski definition) is 4. The summed E-state index contributed by atoms with van der Waals surface area (Å²) in [5.74, 6) is -0.746. The minimum absolute atomic E-state index is 0.00505. The van der Waals surface area contributed by atoms with Gasteiger partial charge in [0, 0.05) is 34.8 Å². The number of carbonyl (C=O) groups is 1. The molecule has 8 heteroatoms. The molecule has 1 aromatic carbocycles. The molecule has 7 nitrogen and oxygen atoms in total. The number of H-pyrrole nitrogens is 1. The first-order chi connectivity index (χ1) is 14.4. The Morgan fingerprint density at radius 3 is 2.48 bits per heavy atom. The Morgan fingerprint density at radius 1 is 1.19 bits per heavy atom. The number of amides is 1. The third kappa shape index (κ3) is 5.07. The van der Waals surface area contributed by atoms with E-state index in [0.29, 0.717) is 17.7 Å². The average molecular weight is 444 g/mol. The van der Waals surface area contributed by atoms with Gasteiger partial charge in [-0.05, 0) is 48.1 Å². The van der Waals surface area contributed by atoms with Crippen molar-refractivity contribution in [3.05, 3.63) is 58.1 Å². The minimum atomic E-state index is -3.79. The predicted octanol–water partition coefficient (Wildman–Crippen LogP) is 3.68. The fraction of sp³-hybridized carbons (Fsp3) is 0.391. The first-order valence-electron chi connectivity index (χ1n) is 10.3. The lowest BCUT2D eigenvalue weighted by Crippen LogP contribution is -2.32. The fourth-order valence-corrected chi connectivity index (χ4v) is 4.08. The van der Waals surface area contributed by atoms with Crippen LogP contribution in [0.4, 0.5) is 0 Å². The van der Waals surface area contributed by atoms with E-state index < -0.39 is 15.9 Å². The highest BCUT2D eigenvalue weighted by atomic mass is 32.2. The molecule has 2 N–H and O–H groups in total. The van der Waals surface area contributed by atoms with Gasteiger partial charge in [0.1, 0.15) is 5.69 Å². The van der Waals surface area contributed by atoms with E-state index in [-0.39, 0.29) is 16.7 Å². The Balaban J connectivity index is 2.41. The van der Waals surface area contributed by atoms with Crippen molar-refractivity contribution in [3.63, 3.8) is 0 Å². The van der Waals surface area contributed by atoms with Crippen molar-refractivity contribution >= 4 is 26.8 Å². The van der Waals surface area contributed by atoms with Gasteiger partial charge in [-0.2, -0.15) is 0 Å². The van der Waals surface area contributed by atoms with Crippen molar-refractivity contribution in [2.45, 2.75) is 47.1 Å². The molecule has 0 radical (unpaired) electrons. The molecular formula is C23H29N3O4S. The van der Waals surface area contributed by atoms with E-state index in [9.17, 15) is 18.0 Å². The van der Waals surface area contributed by atoms with E-state index in [4.69, 9.17) is 0 Å². The molecule has 0 saturated carbocycles. The molecule has 0 unspecified atom stereocenters. The highest BCUT2D eigenvalue weighted by molar-refractivity contribution is 7.89. The molecular weight excluding hydrogens is 414 g/mol. The van der Waals surface area contributed by atoms with Gasteiger partial charge in [0.05, 0.1) is 6.26 Å². The van der Waals surface area contributed by atoms with Crippen LogP contribution in [0.25, 0.3) is 22.0 Å². The lowest BCUT2D eigenvalue weighted by Gasteiger charge is -2.20. The van der Waals surface area contributed by atoms with E-state index in [1.807, 2.05) is 29.7 Å². The number of pyridine rings is 1. The molecule has 0 spiro atoms. The van der Waals surface area contributed by atoms with Gasteiger partial charge in [0.15, 0.2) is 0 Å². The number of sulfonamides is 1. The predicted molar refractivity (Wildman–Crippen MR) is 124 cm³/mol. The van der Waals surface area contributed by atoms with Crippen LogP contribution >= 0.6 is 0 Å². The Hall–Kier alpha value is -2.87. The molecule has 0 fully saturated rings. The van der Waals surface area contributed by atoms with E-state index in [1.54, 1.807) is 12.1 Å². The van der Waals surface area contributed by atoms with Crippen molar-refractivity contribution in [1.29, 1.82) is 0 Å².